The van der Waals surface area contributed by atoms with Crippen molar-refractivity contribution >= 4 is 21.6 Å². The molecule has 0 bridgehead atoms. The molecule has 1 aliphatic rings. The summed E-state index contributed by atoms with van der Waals surface area (Å²) >= 11 is 0. The Bertz CT molecular complexity index is 868. The van der Waals surface area contributed by atoms with Crippen molar-refractivity contribution in [3.05, 3.63) is 54.1 Å². The molecule has 1 heterocycles. The zero-order valence-electron chi connectivity index (χ0n) is 14.1. The van der Waals surface area contributed by atoms with Crippen molar-refractivity contribution in [2.75, 3.05) is 25.1 Å². The van der Waals surface area contributed by atoms with Crippen LogP contribution < -0.4 is 19.5 Å². The number of hydrogen-bond donors (Lipinski definition) is 2. The summed E-state index contributed by atoms with van der Waals surface area (Å²) < 4.78 is 37.4. The first-order valence-corrected chi connectivity index (χ1v) is 9.88. The van der Waals surface area contributed by atoms with Crippen molar-refractivity contribution in [1.82, 2.24) is 4.72 Å². The fourth-order valence-electron chi connectivity index (χ4n) is 2.51. The van der Waals surface area contributed by atoms with Gasteiger partial charge >= 0.3 is 0 Å². The number of sulfonamides is 1. The van der Waals surface area contributed by atoms with E-state index >= 15 is 0 Å². The van der Waals surface area contributed by atoms with E-state index in [2.05, 4.69) is 10.0 Å². The minimum Gasteiger partial charge on any atom is -0.486 e. The Labute approximate surface area is 152 Å². The predicted molar refractivity (Wildman–Crippen MR) is 97.7 cm³/mol. The second kappa shape index (κ2) is 8.20. The molecular formula is C18H20N2O5S. The molecule has 0 aromatic heterocycles. The van der Waals surface area contributed by atoms with Crippen molar-refractivity contribution in [1.29, 1.82) is 0 Å². The van der Waals surface area contributed by atoms with Crippen molar-refractivity contribution in [3.63, 3.8) is 0 Å². The molecule has 0 atom stereocenters. The Morgan fingerprint density at radius 1 is 1.00 bits per heavy atom. The highest BCUT2D eigenvalue weighted by molar-refractivity contribution is 7.88. The molecule has 8 heteroatoms. The maximum Gasteiger partial charge on any atom is 0.225 e. The number of nitrogens with one attached hydrogen (secondary N) is 2. The van der Waals surface area contributed by atoms with Crippen LogP contribution in [0, 0.1) is 0 Å². The summed E-state index contributed by atoms with van der Waals surface area (Å²) in [5.74, 6) is 0.821. The molecule has 1 aliphatic heterocycles. The summed E-state index contributed by atoms with van der Waals surface area (Å²) in [7, 11) is -3.48. The van der Waals surface area contributed by atoms with Gasteiger partial charge in [0.1, 0.15) is 13.2 Å². The lowest BCUT2D eigenvalue weighted by atomic mass is 10.2. The van der Waals surface area contributed by atoms with Gasteiger partial charge in [0.2, 0.25) is 15.9 Å². The van der Waals surface area contributed by atoms with Crippen LogP contribution in [0.15, 0.2) is 48.5 Å². The van der Waals surface area contributed by atoms with Crippen LogP contribution in [0.2, 0.25) is 0 Å². The van der Waals surface area contributed by atoms with Gasteiger partial charge in [-0.15, -0.1) is 0 Å². The highest BCUT2D eigenvalue weighted by atomic mass is 32.2. The van der Waals surface area contributed by atoms with Gasteiger partial charge < -0.3 is 14.8 Å². The van der Waals surface area contributed by atoms with E-state index in [1.165, 1.54) is 0 Å². The Hall–Kier alpha value is -2.58. The van der Waals surface area contributed by atoms with Crippen molar-refractivity contribution in [2.45, 2.75) is 12.2 Å². The largest absolute Gasteiger partial charge is 0.486 e. The number of hydrogen-bond acceptors (Lipinski definition) is 5. The number of fused-ring (bicyclic) bond motifs is 1. The molecule has 7 nitrogen and oxygen atoms in total. The van der Waals surface area contributed by atoms with Crippen molar-refractivity contribution in [2.24, 2.45) is 0 Å². The van der Waals surface area contributed by atoms with Crippen LogP contribution in [0.3, 0.4) is 0 Å². The van der Waals surface area contributed by atoms with Gasteiger partial charge in [-0.05, 0) is 17.7 Å². The Balaban J connectivity index is 1.47. The average molecular weight is 376 g/mol. The van der Waals surface area contributed by atoms with E-state index in [-0.39, 0.29) is 24.6 Å². The molecule has 0 saturated carbocycles. The van der Waals surface area contributed by atoms with Gasteiger partial charge in [-0.2, -0.15) is 0 Å². The minimum absolute atomic E-state index is 0.0302. The first-order chi connectivity index (χ1) is 12.5. The van der Waals surface area contributed by atoms with Crippen LogP contribution in [0.1, 0.15) is 12.0 Å². The molecule has 0 fully saturated rings. The first kappa shape index (κ1) is 18.2. The molecule has 0 aliphatic carbocycles. The number of anilines is 1. The highest BCUT2D eigenvalue weighted by Gasteiger charge is 2.14. The van der Waals surface area contributed by atoms with E-state index in [4.69, 9.17) is 9.47 Å². The summed E-state index contributed by atoms with van der Waals surface area (Å²) in [6, 6.07) is 14.0. The summed E-state index contributed by atoms with van der Waals surface area (Å²) in [5, 5.41) is 2.72. The zero-order chi connectivity index (χ0) is 18.4. The Morgan fingerprint density at radius 2 is 1.73 bits per heavy atom. The number of carbonyl (C=O) groups is 1. The second-order valence-electron chi connectivity index (χ2n) is 5.80. The van der Waals surface area contributed by atoms with Gasteiger partial charge in [0.25, 0.3) is 0 Å². The third-order valence-corrected chi connectivity index (χ3v) is 5.06. The van der Waals surface area contributed by atoms with E-state index in [1.54, 1.807) is 42.5 Å². The topological polar surface area (TPSA) is 93.7 Å². The molecule has 0 saturated heterocycles. The third kappa shape index (κ3) is 5.21. The van der Waals surface area contributed by atoms with Gasteiger partial charge in [0.05, 0.1) is 5.75 Å². The summed E-state index contributed by atoms with van der Waals surface area (Å²) in [6.45, 7) is 1.00. The normalized spacial score (nSPS) is 13.2. The molecule has 1 amide bonds. The number of amides is 1. The maximum absolute atomic E-state index is 12.0. The monoisotopic (exact) mass is 376 g/mol. The van der Waals surface area contributed by atoms with Gasteiger partial charge in [0.15, 0.2) is 11.5 Å². The molecule has 138 valence electrons. The second-order valence-corrected chi connectivity index (χ2v) is 7.60. The molecule has 0 radical (unpaired) electrons. The lowest BCUT2D eigenvalue weighted by Gasteiger charge is -2.19. The third-order valence-electron chi connectivity index (χ3n) is 3.70. The van der Waals surface area contributed by atoms with Crippen LogP contribution in [-0.2, 0) is 20.6 Å². The van der Waals surface area contributed by atoms with Gasteiger partial charge in [0, 0.05) is 24.7 Å². The molecule has 2 aromatic rings. The standard InChI is InChI=1S/C18H20N2O5S/c21-18(20-15-6-7-16-17(12-15)25-11-10-24-16)8-9-19-26(22,23)13-14-4-2-1-3-5-14/h1-7,12,19H,8-11,13H2,(H,20,21). The fraction of sp³-hybridized carbons (Fsp3) is 0.278. The molecule has 0 unspecified atom stereocenters. The van der Waals surface area contributed by atoms with Crippen LogP contribution in [0.4, 0.5) is 5.69 Å². The molecule has 0 spiro atoms. The summed E-state index contributed by atoms with van der Waals surface area (Å²) in [6.07, 6.45) is 0.0302. The molecule has 26 heavy (non-hydrogen) atoms. The van der Waals surface area contributed by atoms with Gasteiger partial charge in [-0.25, -0.2) is 13.1 Å². The molecule has 2 N–H and O–H groups in total. The average Bonchev–Trinajstić information content (AvgIpc) is 2.62. The molecule has 2 aromatic carbocycles. The Kier molecular flexibility index (Phi) is 5.75. The number of ether oxygens (including phenoxy) is 2. The van der Waals surface area contributed by atoms with E-state index in [0.717, 1.165) is 0 Å². The van der Waals surface area contributed by atoms with Crippen LogP contribution in [-0.4, -0.2) is 34.1 Å². The Morgan fingerprint density at radius 3 is 2.50 bits per heavy atom. The van der Waals surface area contributed by atoms with Crippen LogP contribution in [0.5, 0.6) is 11.5 Å². The van der Waals surface area contributed by atoms with Crippen LogP contribution in [0.25, 0.3) is 0 Å². The molecule has 3 rings (SSSR count). The van der Waals surface area contributed by atoms with Gasteiger partial charge in [-0.1, -0.05) is 30.3 Å². The minimum atomic E-state index is -3.48. The zero-order valence-corrected chi connectivity index (χ0v) is 14.9. The number of carbonyl (C=O) groups excluding carboxylic acids is 1. The lowest BCUT2D eigenvalue weighted by Crippen LogP contribution is -2.28. The van der Waals surface area contributed by atoms with Crippen LogP contribution >= 0.6 is 0 Å². The smallest absolute Gasteiger partial charge is 0.225 e. The number of rotatable bonds is 7. The van der Waals surface area contributed by atoms with E-state index < -0.39 is 10.0 Å². The van der Waals surface area contributed by atoms with Crippen molar-refractivity contribution in [3.8, 4) is 11.5 Å². The van der Waals surface area contributed by atoms with E-state index in [1.807, 2.05) is 6.07 Å². The number of benzene rings is 2. The fourth-order valence-corrected chi connectivity index (χ4v) is 3.66. The lowest BCUT2D eigenvalue weighted by molar-refractivity contribution is -0.116. The molecular weight excluding hydrogens is 356 g/mol. The summed E-state index contributed by atoms with van der Waals surface area (Å²) in [4.78, 5) is 12.0. The highest BCUT2D eigenvalue weighted by Crippen LogP contribution is 2.32. The van der Waals surface area contributed by atoms with Gasteiger partial charge in [-0.3, -0.25) is 4.79 Å². The predicted octanol–water partition coefficient (Wildman–Crippen LogP) is 1.91. The first-order valence-electron chi connectivity index (χ1n) is 8.23. The quantitative estimate of drug-likeness (QED) is 0.770. The van der Waals surface area contributed by atoms with E-state index in [9.17, 15) is 13.2 Å². The van der Waals surface area contributed by atoms with Crippen molar-refractivity contribution < 1.29 is 22.7 Å². The summed E-state index contributed by atoms with van der Waals surface area (Å²) in [5.41, 5.74) is 1.27. The van der Waals surface area contributed by atoms with E-state index in [0.29, 0.717) is 36.0 Å². The maximum atomic E-state index is 12.0. The SMILES string of the molecule is O=C(CCNS(=O)(=O)Cc1ccccc1)Nc1ccc2c(c1)OCCO2.